The summed E-state index contributed by atoms with van der Waals surface area (Å²) in [5.74, 6) is 0.309. The lowest BCUT2D eigenvalue weighted by atomic mass is 10.1. The first-order valence-electron chi connectivity index (χ1n) is 9.76. The molecule has 1 aromatic rings. The van der Waals surface area contributed by atoms with Gasteiger partial charge in [0, 0.05) is 25.7 Å². The predicted molar refractivity (Wildman–Crippen MR) is 113 cm³/mol. The summed E-state index contributed by atoms with van der Waals surface area (Å²) in [6, 6.07) is 7.28. The van der Waals surface area contributed by atoms with E-state index in [4.69, 9.17) is 10.5 Å². The van der Waals surface area contributed by atoms with Gasteiger partial charge in [0.15, 0.2) is 5.96 Å². The molecule has 158 valence electrons. The Morgan fingerprint density at radius 2 is 1.93 bits per heavy atom. The van der Waals surface area contributed by atoms with E-state index in [1.807, 2.05) is 24.3 Å². The molecule has 1 aliphatic rings. The molecule has 9 heteroatoms. The quantitative estimate of drug-likeness (QED) is 0.296. The maximum absolute atomic E-state index is 12.2. The van der Waals surface area contributed by atoms with Gasteiger partial charge in [-0.1, -0.05) is 24.3 Å². The fraction of sp³-hybridized carbons (Fsp3) is 0.632. The largest absolute Gasteiger partial charge is 0.379 e. The second-order valence-corrected chi connectivity index (χ2v) is 8.99. The number of morpholine rings is 1. The van der Waals surface area contributed by atoms with Crippen molar-refractivity contribution in [1.29, 1.82) is 0 Å². The second kappa shape index (κ2) is 11.4. The van der Waals surface area contributed by atoms with Crippen LogP contribution in [0.25, 0.3) is 0 Å². The van der Waals surface area contributed by atoms with Gasteiger partial charge in [-0.05, 0) is 37.9 Å². The van der Waals surface area contributed by atoms with E-state index < -0.39 is 10.0 Å². The molecular formula is C19H33N5O3S. The fourth-order valence-corrected chi connectivity index (χ4v) is 4.52. The number of sulfonamides is 1. The monoisotopic (exact) mass is 411 g/mol. The van der Waals surface area contributed by atoms with E-state index in [1.165, 1.54) is 0 Å². The van der Waals surface area contributed by atoms with Gasteiger partial charge in [-0.25, -0.2) is 18.1 Å². The number of aliphatic imine (C=N–C) groups is 1. The van der Waals surface area contributed by atoms with Crippen molar-refractivity contribution in [2.24, 2.45) is 10.7 Å². The van der Waals surface area contributed by atoms with E-state index in [1.54, 1.807) is 13.8 Å². The molecule has 0 spiro atoms. The van der Waals surface area contributed by atoms with Gasteiger partial charge in [0.25, 0.3) is 0 Å². The van der Waals surface area contributed by atoms with Crippen LogP contribution >= 0.6 is 0 Å². The molecule has 0 aliphatic carbocycles. The summed E-state index contributed by atoms with van der Waals surface area (Å²) >= 11 is 0. The van der Waals surface area contributed by atoms with Gasteiger partial charge in [-0.2, -0.15) is 0 Å². The van der Waals surface area contributed by atoms with Crippen LogP contribution in [0.3, 0.4) is 0 Å². The molecule has 1 saturated heterocycles. The first-order valence-corrected chi connectivity index (χ1v) is 11.4. The Morgan fingerprint density at radius 1 is 1.25 bits per heavy atom. The number of ether oxygens (including phenoxy) is 1. The summed E-state index contributed by atoms with van der Waals surface area (Å²) in [5.41, 5.74) is 7.55. The van der Waals surface area contributed by atoms with Crippen LogP contribution in [0.2, 0.25) is 0 Å². The lowest BCUT2D eigenvalue weighted by Gasteiger charge is -2.26. The van der Waals surface area contributed by atoms with Gasteiger partial charge in [-0.15, -0.1) is 0 Å². The number of benzene rings is 1. The lowest BCUT2D eigenvalue weighted by Crippen LogP contribution is -2.39. The zero-order valence-electron chi connectivity index (χ0n) is 16.9. The van der Waals surface area contributed by atoms with Crippen LogP contribution in [-0.2, 0) is 27.1 Å². The summed E-state index contributed by atoms with van der Waals surface area (Å²) < 4.78 is 32.4. The minimum absolute atomic E-state index is 0.0657. The van der Waals surface area contributed by atoms with Crippen molar-refractivity contribution in [2.45, 2.75) is 38.6 Å². The lowest BCUT2D eigenvalue weighted by molar-refractivity contribution is 0.0376. The summed E-state index contributed by atoms with van der Waals surface area (Å²) in [6.07, 6.45) is 0.978. The average molecular weight is 412 g/mol. The third-order valence-corrected chi connectivity index (χ3v) is 5.88. The van der Waals surface area contributed by atoms with Gasteiger partial charge in [-0.3, -0.25) is 4.90 Å². The number of nitrogens with zero attached hydrogens (tertiary/aromatic N) is 2. The number of nitrogens with one attached hydrogen (secondary N) is 2. The molecule has 0 amide bonds. The molecule has 1 fully saturated rings. The predicted octanol–water partition coefficient (Wildman–Crippen LogP) is 0.641. The van der Waals surface area contributed by atoms with Crippen LogP contribution in [-0.4, -0.2) is 64.7 Å². The Hall–Kier alpha value is -1.68. The zero-order chi connectivity index (χ0) is 20.4. The van der Waals surface area contributed by atoms with Crippen LogP contribution < -0.4 is 15.8 Å². The molecule has 8 nitrogen and oxygen atoms in total. The van der Waals surface area contributed by atoms with E-state index in [2.05, 4.69) is 19.9 Å². The Labute approximate surface area is 168 Å². The first-order chi connectivity index (χ1) is 13.4. The molecule has 0 aromatic heterocycles. The standard InChI is InChI=1S/C19H33N5O3S/c1-16(2)23-28(25,26)15-18-7-4-3-6-17(18)14-22-19(20)21-8-5-9-24-10-12-27-13-11-24/h3-4,6-7,16,23H,5,8-15H2,1-2H3,(H3,20,21,22). The summed E-state index contributed by atoms with van der Waals surface area (Å²) in [7, 11) is -3.38. The fourth-order valence-electron chi connectivity index (χ4n) is 3.03. The van der Waals surface area contributed by atoms with Crippen molar-refractivity contribution in [1.82, 2.24) is 14.9 Å². The topological polar surface area (TPSA) is 109 Å². The average Bonchev–Trinajstić information content (AvgIpc) is 2.64. The van der Waals surface area contributed by atoms with E-state index in [9.17, 15) is 8.42 Å². The SMILES string of the molecule is CC(C)NS(=O)(=O)Cc1ccccc1CN=C(N)NCCCN1CCOCC1. The van der Waals surface area contributed by atoms with Crippen LogP contribution in [0.4, 0.5) is 0 Å². The van der Waals surface area contributed by atoms with Crippen molar-refractivity contribution < 1.29 is 13.2 Å². The highest BCUT2D eigenvalue weighted by atomic mass is 32.2. The number of hydrogen-bond donors (Lipinski definition) is 3. The second-order valence-electron chi connectivity index (χ2n) is 7.24. The normalized spacial score (nSPS) is 16.5. The maximum Gasteiger partial charge on any atom is 0.216 e. The first kappa shape index (κ1) is 22.6. The summed E-state index contributed by atoms with van der Waals surface area (Å²) in [4.78, 5) is 6.74. The molecule has 2 rings (SSSR count). The van der Waals surface area contributed by atoms with E-state index >= 15 is 0 Å². The number of guanidine groups is 1. The molecule has 0 atom stereocenters. The van der Waals surface area contributed by atoms with Crippen LogP contribution in [0.5, 0.6) is 0 Å². The Kier molecular flexibility index (Phi) is 9.17. The smallest absolute Gasteiger partial charge is 0.216 e. The molecule has 1 aromatic carbocycles. The van der Waals surface area contributed by atoms with Gasteiger partial charge >= 0.3 is 0 Å². The molecule has 0 saturated carbocycles. The third-order valence-electron chi connectivity index (χ3n) is 4.36. The Balaban J connectivity index is 1.82. The van der Waals surface area contributed by atoms with Crippen LogP contribution in [0, 0.1) is 0 Å². The van der Waals surface area contributed by atoms with Crippen molar-refractivity contribution >= 4 is 16.0 Å². The maximum atomic E-state index is 12.2. The van der Waals surface area contributed by atoms with Gasteiger partial charge in [0.05, 0.1) is 25.5 Å². The van der Waals surface area contributed by atoms with Crippen LogP contribution in [0.15, 0.2) is 29.3 Å². The van der Waals surface area contributed by atoms with E-state index in [0.717, 1.165) is 56.9 Å². The molecule has 0 unspecified atom stereocenters. The van der Waals surface area contributed by atoms with Crippen molar-refractivity contribution in [3.05, 3.63) is 35.4 Å². The molecule has 0 bridgehead atoms. The third kappa shape index (κ3) is 8.55. The molecule has 28 heavy (non-hydrogen) atoms. The number of rotatable bonds is 10. The van der Waals surface area contributed by atoms with Crippen LogP contribution in [0.1, 0.15) is 31.4 Å². The number of hydrogen-bond acceptors (Lipinski definition) is 5. The molecule has 0 radical (unpaired) electrons. The highest BCUT2D eigenvalue weighted by molar-refractivity contribution is 7.88. The highest BCUT2D eigenvalue weighted by Crippen LogP contribution is 2.13. The Bertz CT molecular complexity index is 731. The molecular weight excluding hydrogens is 378 g/mol. The van der Waals surface area contributed by atoms with E-state index in [-0.39, 0.29) is 11.8 Å². The van der Waals surface area contributed by atoms with Gasteiger partial charge in [0.2, 0.25) is 10.0 Å². The van der Waals surface area contributed by atoms with Gasteiger partial charge < -0.3 is 15.8 Å². The minimum atomic E-state index is -3.38. The molecule has 4 N–H and O–H groups in total. The van der Waals surface area contributed by atoms with Gasteiger partial charge in [0.1, 0.15) is 0 Å². The highest BCUT2D eigenvalue weighted by Gasteiger charge is 2.15. The van der Waals surface area contributed by atoms with Crippen molar-refractivity contribution in [2.75, 3.05) is 39.4 Å². The summed E-state index contributed by atoms with van der Waals surface area (Å²) in [6.45, 7) is 9.28. The molecule has 1 aliphatic heterocycles. The minimum Gasteiger partial charge on any atom is -0.379 e. The summed E-state index contributed by atoms with van der Waals surface area (Å²) in [5, 5.41) is 3.13. The van der Waals surface area contributed by atoms with Crippen molar-refractivity contribution in [3.63, 3.8) is 0 Å². The zero-order valence-corrected chi connectivity index (χ0v) is 17.7. The number of nitrogens with two attached hydrogens (primary N) is 1. The van der Waals surface area contributed by atoms with Crippen molar-refractivity contribution in [3.8, 4) is 0 Å². The molecule has 1 heterocycles. The Morgan fingerprint density at radius 3 is 2.61 bits per heavy atom. The van der Waals surface area contributed by atoms with E-state index in [0.29, 0.717) is 12.5 Å².